The van der Waals surface area contributed by atoms with Gasteiger partial charge in [-0.1, -0.05) is 0 Å². The zero-order valence-corrected chi connectivity index (χ0v) is 13.1. The molecule has 1 amide bonds. The second kappa shape index (κ2) is 8.53. The summed E-state index contributed by atoms with van der Waals surface area (Å²) in [6, 6.07) is -1.05. The normalized spacial score (nSPS) is 13.6. The Morgan fingerprint density at radius 1 is 1.30 bits per heavy atom. The van der Waals surface area contributed by atoms with E-state index in [2.05, 4.69) is 10.1 Å². The fourth-order valence-electron chi connectivity index (χ4n) is 1.22. The van der Waals surface area contributed by atoms with Crippen molar-refractivity contribution in [3.05, 3.63) is 12.2 Å². The van der Waals surface area contributed by atoms with E-state index >= 15 is 0 Å². The van der Waals surface area contributed by atoms with Crippen molar-refractivity contribution in [2.75, 3.05) is 27.1 Å². The van der Waals surface area contributed by atoms with Crippen molar-refractivity contribution < 1.29 is 28.8 Å². The van der Waals surface area contributed by atoms with Gasteiger partial charge in [-0.25, -0.2) is 0 Å². The Kier molecular flexibility index (Phi) is 7.84. The van der Waals surface area contributed by atoms with Crippen LogP contribution in [0.4, 0.5) is 4.79 Å². The minimum atomic E-state index is -2.06. The van der Waals surface area contributed by atoms with E-state index in [9.17, 15) is 14.4 Å². The zero-order valence-electron chi connectivity index (χ0n) is 12.1. The van der Waals surface area contributed by atoms with Crippen molar-refractivity contribution in [2.45, 2.75) is 18.9 Å². The van der Waals surface area contributed by atoms with E-state index in [1.807, 2.05) is 20.0 Å². The first-order chi connectivity index (χ1) is 9.15. The number of hydrogen-bond acceptors (Lipinski definition) is 5. The van der Waals surface area contributed by atoms with Gasteiger partial charge in [0, 0.05) is 0 Å². The Morgan fingerprint density at radius 2 is 1.90 bits per heavy atom. The van der Waals surface area contributed by atoms with Gasteiger partial charge in [0.2, 0.25) is 0 Å². The maximum atomic E-state index is 11.5. The van der Waals surface area contributed by atoms with E-state index in [-0.39, 0.29) is 6.42 Å². The van der Waals surface area contributed by atoms with Gasteiger partial charge in [-0.3, -0.25) is 0 Å². The molecule has 0 radical (unpaired) electrons. The van der Waals surface area contributed by atoms with Crippen LogP contribution in [-0.4, -0.2) is 56.3 Å². The van der Waals surface area contributed by atoms with E-state index < -0.39 is 31.6 Å². The van der Waals surface area contributed by atoms with Gasteiger partial charge in [0.1, 0.15) is 0 Å². The summed E-state index contributed by atoms with van der Waals surface area (Å²) in [5.41, 5.74) is 0. The van der Waals surface area contributed by atoms with Crippen LogP contribution in [0.3, 0.4) is 0 Å². The van der Waals surface area contributed by atoms with Gasteiger partial charge in [-0.05, 0) is 0 Å². The number of carbonyl (C=O) groups excluding carboxylic acids is 2. The molecule has 0 fully saturated rings. The number of hydrogen-bond donors (Lipinski definition) is 2. The van der Waals surface area contributed by atoms with Crippen LogP contribution in [0.25, 0.3) is 0 Å². The molecule has 0 bridgehead atoms. The van der Waals surface area contributed by atoms with Gasteiger partial charge in [0.25, 0.3) is 0 Å². The van der Waals surface area contributed by atoms with Crippen LogP contribution in [-0.2, 0) is 18.8 Å². The summed E-state index contributed by atoms with van der Waals surface area (Å²) in [7, 11) is -0.809. The van der Waals surface area contributed by atoms with Gasteiger partial charge in [0.05, 0.1) is 0 Å². The van der Waals surface area contributed by atoms with Crippen LogP contribution in [0.1, 0.15) is 12.8 Å². The van der Waals surface area contributed by atoms with Crippen LogP contribution in [0.5, 0.6) is 0 Å². The van der Waals surface area contributed by atoms with E-state index in [1.54, 1.807) is 0 Å². The van der Waals surface area contributed by atoms with Crippen molar-refractivity contribution in [1.82, 2.24) is 5.32 Å². The zero-order chi connectivity index (χ0) is 15.8. The topological polar surface area (TPSA) is 102 Å². The number of rotatable bonds is 7. The van der Waals surface area contributed by atoms with Gasteiger partial charge < -0.3 is 0 Å². The molecule has 0 saturated carbocycles. The van der Waals surface area contributed by atoms with Crippen molar-refractivity contribution in [3.8, 4) is 0 Å². The Morgan fingerprint density at radius 3 is 2.35 bits per heavy atom. The van der Waals surface area contributed by atoms with Crippen LogP contribution < -0.4 is 5.32 Å². The van der Waals surface area contributed by atoms with Crippen molar-refractivity contribution in [1.29, 1.82) is 0 Å². The number of aliphatic carboxylic acids is 1. The molecule has 0 aliphatic heterocycles. The van der Waals surface area contributed by atoms with Crippen molar-refractivity contribution in [3.63, 3.8) is 0 Å². The molecule has 0 aromatic rings. The third-order valence-electron chi connectivity index (χ3n) is 2.07. The van der Waals surface area contributed by atoms with Gasteiger partial charge >= 0.3 is 118 Å². The third-order valence-corrected chi connectivity index (χ3v) is 2.86. The maximum absolute atomic E-state index is 11.5. The molecule has 0 aromatic heterocycles. The van der Waals surface area contributed by atoms with Crippen molar-refractivity contribution >= 4 is 25.5 Å². The quantitative estimate of drug-likeness (QED) is 0.417. The standard InChI is InChI=1S/C12H22NO6P/c1-18-10(14)8-6-5-7-9(11(15)16)13-12(17)19-20(2,3)4/h6,8-9,20H,5,7H2,1-4H3,(H,13,17)(H,15,16)/b8-6+/t9-/m0/s1. The Bertz CT molecular complexity index is 388. The molecule has 0 aliphatic carbocycles. The number of carboxylic acids is 1. The van der Waals surface area contributed by atoms with Crippen LogP contribution in [0, 0.1) is 0 Å². The van der Waals surface area contributed by atoms with E-state index in [1.165, 1.54) is 19.3 Å². The summed E-state index contributed by atoms with van der Waals surface area (Å²) in [5, 5.41) is 11.3. The molecule has 7 nitrogen and oxygen atoms in total. The van der Waals surface area contributed by atoms with E-state index in [0.717, 1.165) is 0 Å². The monoisotopic (exact) mass is 307 g/mol. The number of ether oxygens (including phenoxy) is 1. The predicted octanol–water partition coefficient (Wildman–Crippen LogP) is 1.23. The summed E-state index contributed by atoms with van der Waals surface area (Å²) in [6.07, 6.45) is 2.45. The molecule has 20 heavy (non-hydrogen) atoms. The Labute approximate surface area is 118 Å². The number of esters is 1. The molecule has 116 valence electrons. The van der Waals surface area contributed by atoms with Crippen molar-refractivity contribution in [2.24, 2.45) is 0 Å². The second-order valence-corrected chi connectivity index (χ2v) is 9.47. The molecule has 0 unspecified atom stereocenters. The molecular weight excluding hydrogens is 285 g/mol. The second-order valence-electron chi connectivity index (χ2n) is 5.04. The Hall–Kier alpha value is -1.62. The summed E-state index contributed by atoms with van der Waals surface area (Å²) >= 11 is 0. The summed E-state index contributed by atoms with van der Waals surface area (Å²) < 4.78 is 9.51. The number of methoxy groups -OCH3 is 1. The fraction of sp³-hybridized carbons (Fsp3) is 0.583. The first-order valence-corrected chi connectivity index (χ1v) is 9.53. The average Bonchev–Trinajstić information content (AvgIpc) is 2.29. The van der Waals surface area contributed by atoms with E-state index in [0.29, 0.717) is 6.42 Å². The van der Waals surface area contributed by atoms with E-state index in [4.69, 9.17) is 9.63 Å². The van der Waals surface area contributed by atoms with Gasteiger partial charge in [-0.2, -0.15) is 0 Å². The number of allylic oxidation sites excluding steroid dienone is 1. The number of carbonyl (C=O) groups is 3. The molecule has 0 aromatic carbocycles. The minimum absolute atomic E-state index is 0.156. The SMILES string of the molecule is COC(=O)/C=C/CC[C@H](NC(=O)O[PH](C)(C)C)C(=O)O. The van der Waals surface area contributed by atoms with Gasteiger partial charge in [-0.15, -0.1) is 0 Å². The summed E-state index contributed by atoms with van der Waals surface area (Å²) in [6.45, 7) is 5.46. The Balaban J connectivity index is 4.31. The molecule has 0 spiro atoms. The number of carboxylic acid groups (broad SMARTS) is 1. The molecule has 0 saturated heterocycles. The van der Waals surface area contributed by atoms with Crippen LogP contribution in [0.2, 0.25) is 0 Å². The van der Waals surface area contributed by atoms with Crippen LogP contribution >= 0.6 is 7.49 Å². The fourth-order valence-corrected chi connectivity index (χ4v) is 1.83. The summed E-state index contributed by atoms with van der Waals surface area (Å²) in [5.74, 6) is -1.66. The molecule has 8 heteroatoms. The molecular formula is C12H22NO6P. The molecule has 1 atom stereocenters. The molecule has 2 N–H and O–H groups in total. The first kappa shape index (κ1) is 18.4. The molecule has 0 aliphatic rings. The first-order valence-electron chi connectivity index (χ1n) is 6.12. The summed E-state index contributed by atoms with van der Waals surface area (Å²) in [4.78, 5) is 33.3. The average molecular weight is 307 g/mol. The molecule has 0 rings (SSSR count). The molecule has 0 heterocycles. The van der Waals surface area contributed by atoms with Crippen LogP contribution in [0.15, 0.2) is 12.2 Å². The van der Waals surface area contributed by atoms with Gasteiger partial charge in [0.15, 0.2) is 0 Å². The predicted molar refractivity (Wildman–Crippen MR) is 77.5 cm³/mol. The third kappa shape index (κ3) is 9.33. The number of amides is 1. The number of nitrogens with one attached hydrogen (secondary N) is 1.